The molecule has 0 radical (unpaired) electrons. The largest absolute Gasteiger partial charge is 0.456 e. The standard InChI is InChI=1S/C20H24N2O4/c1-12-7-6-8-16(9-12)19(24)21-14(3)20(25)26-11-18(23)17-10-13(2)22(5)15(17)4/h6-10,14H,11H2,1-5H3,(H,21,24)/t14-/m0/s1. The number of carbonyl (C=O) groups excluding carboxylic acids is 3. The molecule has 1 heterocycles. The highest BCUT2D eigenvalue weighted by Crippen LogP contribution is 2.14. The second-order valence-corrected chi connectivity index (χ2v) is 6.44. The number of ether oxygens (including phenoxy) is 1. The monoisotopic (exact) mass is 356 g/mol. The fourth-order valence-corrected chi connectivity index (χ4v) is 2.60. The van der Waals surface area contributed by atoms with Crippen molar-refractivity contribution in [3.8, 4) is 0 Å². The molecule has 0 saturated heterocycles. The SMILES string of the molecule is Cc1cccc(C(=O)N[C@@H](C)C(=O)OCC(=O)c2cc(C)n(C)c2C)c1. The van der Waals surface area contributed by atoms with Crippen molar-refractivity contribution in [1.29, 1.82) is 0 Å². The number of nitrogens with zero attached hydrogens (tertiary/aromatic N) is 1. The zero-order valence-corrected chi connectivity index (χ0v) is 15.8. The van der Waals surface area contributed by atoms with E-state index in [1.54, 1.807) is 24.3 Å². The topological polar surface area (TPSA) is 77.4 Å². The Bertz CT molecular complexity index is 851. The van der Waals surface area contributed by atoms with Gasteiger partial charge in [0.2, 0.25) is 5.78 Å². The molecule has 138 valence electrons. The molecular weight excluding hydrogens is 332 g/mol. The number of nitrogens with one attached hydrogen (secondary N) is 1. The van der Waals surface area contributed by atoms with E-state index in [9.17, 15) is 14.4 Å². The van der Waals surface area contributed by atoms with Gasteiger partial charge in [-0.05, 0) is 45.9 Å². The van der Waals surface area contributed by atoms with E-state index in [0.717, 1.165) is 17.0 Å². The van der Waals surface area contributed by atoms with Crippen LogP contribution >= 0.6 is 0 Å². The molecule has 2 rings (SSSR count). The number of carbonyl (C=O) groups is 3. The Labute approximate surface area is 153 Å². The third kappa shape index (κ3) is 4.39. The van der Waals surface area contributed by atoms with Crippen molar-refractivity contribution in [3.05, 3.63) is 58.4 Å². The number of Topliss-reactive ketones (excluding diaryl/α,β-unsaturated/α-hetero) is 1. The summed E-state index contributed by atoms with van der Waals surface area (Å²) < 4.78 is 6.97. The molecule has 0 unspecified atom stereocenters. The lowest BCUT2D eigenvalue weighted by Gasteiger charge is -2.13. The summed E-state index contributed by atoms with van der Waals surface area (Å²) in [6.45, 7) is 6.80. The van der Waals surface area contributed by atoms with Crippen molar-refractivity contribution in [1.82, 2.24) is 9.88 Å². The summed E-state index contributed by atoms with van der Waals surface area (Å²) in [6, 6.07) is 7.98. The lowest BCUT2D eigenvalue weighted by Crippen LogP contribution is -2.40. The van der Waals surface area contributed by atoms with Crippen molar-refractivity contribution in [2.24, 2.45) is 7.05 Å². The van der Waals surface area contributed by atoms with Gasteiger partial charge in [-0.3, -0.25) is 9.59 Å². The molecule has 0 bridgehead atoms. The Balaban J connectivity index is 1.91. The molecule has 1 amide bonds. The van der Waals surface area contributed by atoms with Crippen molar-refractivity contribution in [3.63, 3.8) is 0 Å². The van der Waals surface area contributed by atoms with E-state index in [2.05, 4.69) is 5.32 Å². The smallest absolute Gasteiger partial charge is 0.328 e. The lowest BCUT2D eigenvalue weighted by molar-refractivity contribution is -0.144. The number of hydrogen-bond acceptors (Lipinski definition) is 4. The van der Waals surface area contributed by atoms with Crippen LogP contribution in [0.2, 0.25) is 0 Å². The molecular formula is C20H24N2O4. The Morgan fingerprint density at radius 1 is 1.15 bits per heavy atom. The Hall–Kier alpha value is -2.89. The zero-order valence-electron chi connectivity index (χ0n) is 15.8. The first kappa shape index (κ1) is 19.4. The van der Waals surface area contributed by atoms with Crippen molar-refractivity contribution >= 4 is 17.7 Å². The number of aromatic nitrogens is 1. The first-order chi connectivity index (χ1) is 12.2. The molecule has 0 aliphatic carbocycles. The molecule has 0 saturated carbocycles. The summed E-state index contributed by atoms with van der Waals surface area (Å²) in [7, 11) is 1.87. The molecule has 26 heavy (non-hydrogen) atoms. The number of ketones is 1. The van der Waals surface area contributed by atoms with Gasteiger partial charge < -0.3 is 14.6 Å². The van der Waals surface area contributed by atoms with Crippen LogP contribution in [-0.2, 0) is 16.6 Å². The van der Waals surface area contributed by atoms with Gasteiger partial charge in [0, 0.05) is 29.6 Å². The number of hydrogen-bond donors (Lipinski definition) is 1. The van der Waals surface area contributed by atoms with Crippen LogP contribution in [0.4, 0.5) is 0 Å². The average Bonchev–Trinajstić information content (AvgIpc) is 2.86. The van der Waals surface area contributed by atoms with E-state index >= 15 is 0 Å². The lowest BCUT2D eigenvalue weighted by atomic mass is 10.1. The molecule has 1 aromatic heterocycles. The van der Waals surface area contributed by atoms with E-state index in [0.29, 0.717) is 11.1 Å². The van der Waals surface area contributed by atoms with Gasteiger partial charge in [-0.25, -0.2) is 4.79 Å². The second-order valence-electron chi connectivity index (χ2n) is 6.44. The fraction of sp³-hybridized carbons (Fsp3) is 0.350. The van der Waals surface area contributed by atoms with Crippen LogP contribution in [0.3, 0.4) is 0 Å². The Morgan fingerprint density at radius 3 is 2.42 bits per heavy atom. The van der Waals surface area contributed by atoms with E-state index in [1.165, 1.54) is 6.92 Å². The number of esters is 1. The van der Waals surface area contributed by atoms with Crippen LogP contribution in [0.15, 0.2) is 30.3 Å². The summed E-state index contributed by atoms with van der Waals surface area (Å²) in [5.74, 6) is -1.28. The predicted molar refractivity (Wildman–Crippen MR) is 98.3 cm³/mol. The van der Waals surface area contributed by atoms with Crippen LogP contribution in [0, 0.1) is 20.8 Å². The minimum absolute atomic E-state index is 0.267. The highest BCUT2D eigenvalue weighted by atomic mass is 16.5. The molecule has 0 aliphatic heterocycles. The molecule has 2 aromatic rings. The Kier molecular flexibility index (Phi) is 5.97. The first-order valence-electron chi connectivity index (χ1n) is 8.41. The average molecular weight is 356 g/mol. The van der Waals surface area contributed by atoms with E-state index < -0.39 is 12.0 Å². The second kappa shape index (κ2) is 7.99. The fourth-order valence-electron chi connectivity index (χ4n) is 2.60. The first-order valence-corrected chi connectivity index (χ1v) is 8.41. The summed E-state index contributed by atoms with van der Waals surface area (Å²) >= 11 is 0. The van der Waals surface area contributed by atoms with Crippen LogP contribution in [0.5, 0.6) is 0 Å². The van der Waals surface area contributed by atoms with Crippen LogP contribution < -0.4 is 5.32 Å². The van der Waals surface area contributed by atoms with E-state index in [4.69, 9.17) is 4.74 Å². The number of rotatable bonds is 6. The van der Waals surface area contributed by atoms with Gasteiger partial charge >= 0.3 is 5.97 Å². The van der Waals surface area contributed by atoms with Gasteiger partial charge in [0.25, 0.3) is 5.91 Å². The summed E-state index contributed by atoms with van der Waals surface area (Å²) in [5.41, 5.74) is 3.73. The normalized spacial score (nSPS) is 11.7. The van der Waals surface area contributed by atoms with E-state index in [-0.39, 0.29) is 18.3 Å². The van der Waals surface area contributed by atoms with Gasteiger partial charge in [-0.1, -0.05) is 17.7 Å². The van der Waals surface area contributed by atoms with Gasteiger partial charge in [0.1, 0.15) is 6.04 Å². The van der Waals surface area contributed by atoms with Crippen LogP contribution in [0.25, 0.3) is 0 Å². The van der Waals surface area contributed by atoms with Gasteiger partial charge in [0.15, 0.2) is 6.61 Å². The molecule has 0 aliphatic rings. The van der Waals surface area contributed by atoms with Crippen molar-refractivity contribution < 1.29 is 19.1 Å². The third-order valence-electron chi connectivity index (χ3n) is 4.40. The zero-order chi connectivity index (χ0) is 19.4. The van der Waals surface area contributed by atoms with Crippen molar-refractivity contribution in [2.75, 3.05) is 6.61 Å². The Morgan fingerprint density at radius 2 is 1.85 bits per heavy atom. The van der Waals surface area contributed by atoms with Crippen molar-refractivity contribution in [2.45, 2.75) is 33.7 Å². The summed E-state index contributed by atoms with van der Waals surface area (Å²) in [6.07, 6.45) is 0. The molecule has 1 atom stereocenters. The molecule has 0 spiro atoms. The third-order valence-corrected chi connectivity index (χ3v) is 4.40. The predicted octanol–water partition coefficient (Wildman–Crippen LogP) is 2.49. The number of aryl methyl sites for hydroxylation is 2. The minimum atomic E-state index is -0.852. The van der Waals surface area contributed by atoms with E-state index in [1.807, 2.05) is 38.5 Å². The minimum Gasteiger partial charge on any atom is -0.456 e. The maximum atomic E-state index is 12.3. The molecule has 6 nitrogen and oxygen atoms in total. The molecule has 0 fully saturated rings. The van der Waals surface area contributed by atoms with Gasteiger partial charge in [-0.15, -0.1) is 0 Å². The van der Waals surface area contributed by atoms with Crippen LogP contribution in [-0.4, -0.2) is 34.9 Å². The number of benzene rings is 1. The highest BCUT2D eigenvalue weighted by Gasteiger charge is 2.21. The molecule has 1 aromatic carbocycles. The maximum absolute atomic E-state index is 12.3. The van der Waals surface area contributed by atoms with Crippen LogP contribution in [0.1, 0.15) is 44.6 Å². The maximum Gasteiger partial charge on any atom is 0.328 e. The molecule has 1 N–H and O–H groups in total. The summed E-state index contributed by atoms with van der Waals surface area (Å²) in [4.78, 5) is 36.5. The van der Waals surface area contributed by atoms with Gasteiger partial charge in [-0.2, -0.15) is 0 Å². The van der Waals surface area contributed by atoms with Gasteiger partial charge in [0.05, 0.1) is 0 Å². The molecule has 6 heteroatoms. The summed E-state index contributed by atoms with van der Waals surface area (Å²) in [5, 5.41) is 2.58. The number of amides is 1. The quantitative estimate of drug-likeness (QED) is 0.637. The highest BCUT2D eigenvalue weighted by molar-refractivity contribution is 6.00.